The van der Waals surface area contributed by atoms with E-state index in [2.05, 4.69) is 26.0 Å². The Balaban J connectivity index is 1.41. The number of carbonyl (C=O) groups excluding carboxylic acids is 1. The Morgan fingerprint density at radius 1 is 1.05 bits per heavy atom. The molecule has 9 nitrogen and oxygen atoms in total. The van der Waals surface area contributed by atoms with E-state index < -0.39 is 17.7 Å². The van der Waals surface area contributed by atoms with Gasteiger partial charge in [-0.25, -0.2) is 13.6 Å². The number of hydrogen-bond donors (Lipinski definition) is 3. The molecule has 11 heteroatoms. The van der Waals surface area contributed by atoms with Gasteiger partial charge in [0.15, 0.2) is 5.82 Å². The summed E-state index contributed by atoms with van der Waals surface area (Å²) in [5.41, 5.74) is 1.30. The maximum Gasteiger partial charge on any atom is 0.325 e. The van der Waals surface area contributed by atoms with Crippen LogP contribution in [0.5, 0.6) is 5.75 Å². The number of anilines is 2. The van der Waals surface area contributed by atoms with Gasteiger partial charge in [-0.2, -0.15) is 5.10 Å². The molecule has 4 rings (SSSR count). The first-order valence-corrected chi connectivity index (χ1v) is 12.0. The lowest BCUT2D eigenvalue weighted by molar-refractivity contribution is 0.260. The smallest absolute Gasteiger partial charge is 0.325 e. The fourth-order valence-electron chi connectivity index (χ4n) is 3.49. The molecular formula is C27H30F2N6O3. The first-order chi connectivity index (χ1) is 18.0. The second-order valence-electron chi connectivity index (χ2n) is 10.1. The lowest BCUT2D eigenvalue weighted by Gasteiger charge is -2.12. The first kappa shape index (κ1) is 26.8. The largest absolute Gasteiger partial charge is 0.492 e. The first-order valence-electron chi connectivity index (χ1n) is 12.0. The van der Waals surface area contributed by atoms with Crippen molar-refractivity contribution >= 4 is 17.5 Å². The van der Waals surface area contributed by atoms with Crippen LogP contribution in [0.2, 0.25) is 0 Å². The van der Waals surface area contributed by atoms with Gasteiger partial charge in [-0.05, 0) is 44.4 Å². The number of urea groups is 1. The summed E-state index contributed by atoms with van der Waals surface area (Å²) in [6.45, 7) is 7.00. The molecule has 3 N–H and O–H groups in total. The second kappa shape index (κ2) is 11.0. The minimum atomic E-state index is -0.669. The molecule has 2 heterocycles. The van der Waals surface area contributed by atoms with Crippen LogP contribution in [-0.2, 0) is 5.41 Å². The Kier molecular flexibility index (Phi) is 7.77. The van der Waals surface area contributed by atoms with E-state index in [-0.39, 0.29) is 16.9 Å². The van der Waals surface area contributed by atoms with Crippen molar-refractivity contribution in [2.45, 2.75) is 26.2 Å². The fourth-order valence-corrected chi connectivity index (χ4v) is 3.49. The molecule has 0 unspecified atom stereocenters. The van der Waals surface area contributed by atoms with Gasteiger partial charge < -0.3 is 19.5 Å². The number of nitrogens with zero attached hydrogens (tertiary/aromatic N) is 3. The number of ether oxygens (including phenoxy) is 1. The van der Waals surface area contributed by atoms with Crippen LogP contribution in [0, 0.1) is 11.6 Å². The highest BCUT2D eigenvalue weighted by atomic mass is 19.1. The van der Waals surface area contributed by atoms with Gasteiger partial charge in [0.05, 0.1) is 17.1 Å². The van der Waals surface area contributed by atoms with Crippen molar-refractivity contribution in [2.24, 2.45) is 0 Å². The van der Waals surface area contributed by atoms with E-state index in [0.29, 0.717) is 47.2 Å². The van der Waals surface area contributed by atoms with E-state index in [1.807, 2.05) is 39.8 Å². The quantitative estimate of drug-likeness (QED) is 0.265. The molecule has 0 aliphatic heterocycles. The molecule has 2 aromatic heterocycles. The van der Waals surface area contributed by atoms with E-state index in [1.54, 1.807) is 30.3 Å². The van der Waals surface area contributed by atoms with Crippen LogP contribution in [0.15, 0.2) is 53.1 Å². The molecule has 200 valence electrons. The topological polar surface area (TPSA) is 108 Å². The number of aromatic amines is 1. The number of amides is 2. The van der Waals surface area contributed by atoms with E-state index in [0.717, 1.165) is 0 Å². The van der Waals surface area contributed by atoms with E-state index in [9.17, 15) is 13.6 Å². The van der Waals surface area contributed by atoms with Crippen LogP contribution in [0.25, 0.3) is 22.5 Å². The summed E-state index contributed by atoms with van der Waals surface area (Å²) >= 11 is 0. The number of halogens is 2. The molecule has 0 radical (unpaired) electrons. The summed E-state index contributed by atoms with van der Waals surface area (Å²) in [7, 11) is 3.86. The van der Waals surface area contributed by atoms with Gasteiger partial charge in [0, 0.05) is 35.2 Å². The van der Waals surface area contributed by atoms with Crippen molar-refractivity contribution in [1.82, 2.24) is 20.3 Å². The third-order valence-corrected chi connectivity index (χ3v) is 5.62. The maximum atomic E-state index is 14.8. The number of hydrogen-bond acceptors (Lipinski definition) is 6. The van der Waals surface area contributed by atoms with Crippen LogP contribution in [0.4, 0.5) is 25.1 Å². The van der Waals surface area contributed by atoms with Crippen LogP contribution >= 0.6 is 0 Å². The summed E-state index contributed by atoms with van der Waals surface area (Å²) in [5.74, 6) is 0.115. The minimum absolute atomic E-state index is 0.0301. The van der Waals surface area contributed by atoms with Crippen molar-refractivity contribution in [2.75, 3.05) is 37.9 Å². The molecule has 2 aromatic carbocycles. The summed E-state index contributed by atoms with van der Waals surface area (Å²) in [6, 6.07) is 11.4. The SMILES string of the molecule is CN(C)CCOc1ccc(-c2cc(-c3ccc(NC(=O)Nc4cc(C(C)(C)C)on4)c(F)c3)n[nH]2)c(F)c1. The van der Waals surface area contributed by atoms with Crippen LogP contribution < -0.4 is 15.4 Å². The van der Waals surface area contributed by atoms with Gasteiger partial charge in [-0.15, -0.1) is 0 Å². The maximum absolute atomic E-state index is 14.8. The number of rotatable bonds is 8. The average molecular weight is 525 g/mol. The number of carbonyl (C=O) groups is 1. The third-order valence-electron chi connectivity index (χ3n) is 5.62. The number of likely N-dealkylation sites (N-methyl/N-ethyl adjacent to an activating group) is 1. The molecule has 0 bridgehead atoms. The van der Waals surface area contributed by atoms with E-state index in [1.165, 1.54) is 18.2 Å². The van der Waals surface area contributed by atoms with Crippen molar-refractivity contribution in [3.8, 4) is 28.3 Å². The van der Waals surface area contributed by atoms with Gasteiger partial charge >= 0.3 is 6.03 Å². The number of H-pyrrole nitrogens is 1. The zero-order chi connectivity index (χ0) is 27.4. The van der Waals surface area contributed by atoms with Crippen LogP contribution in [0.1, 0.15) is 26.5 Å². The summed E-state index contributed by atoms with van der Waals surface area (Å²) in [5, 5.41) is 15.8. The normalized spacial score (nSPS) is 11.6. The molecule has 0 aliphatic carbocycles. The second-order valence-corrected chi connectivity index (χ2v) is 10.1. The molecule has 0 saturated carbocycles. The monoisotopic (exact) mass is 524 g/mol. The van der Waals surface area contributed by atoms with Gasteiger partial charge in [-0.1, -0.05) is 32.0 Å². The van der Waals surface area contributed by atoms with Gasteiger partial charge in [0.1, 0.15) is 29.8 Å². The van der Waals surface area contributed by atoms with E-state index >= 15 is 0 Å². The molecule has 2 amide bonds. The van der Waals surface area contributed by atoms with Crippen molar-refractivity contribution in [3.63, 3.8) is 0 Å². The van der Waals surface area contributed by atoms with Gasteiger partial charge in [0.2, 0.25) is 0 Å². The molecule has 0 aliphatic rings. The molecule has 0 saturated heterocycles. The zero-order valence-electron chi connectivity index (χ0n) is 21.9. The Morgan fingerprint density at radius 3 is 2.50 bits per heavy atom. The molecule has 38 heavy (non-hydrogen) atoms. The Hall–Kier alpha value is -4.25. The summed E-state index contributed by atoms with van der Waals surface area (Å²) in [4.78, 5) is 14.3. The molecule has 0 spiro atoms. The number of nitrogens with one attached hydrogen (secondary N) is 3. The molecule has 0 atom stereocenters. The average Bonchev–Trinajstić information content (AvgIpc) is 3.50. The van der Waals surface area contributed by atoms with Crippen LogP contribution in [-0.4, -0.2) is 53.5 Å². The highest BCUT2D eigenvalue weighted by molar-refractivity contribution is 5.99. The summed E-state index contributed by atoms with van der Waals surface area (Å²) in [6.07, 6.45) is 0. The van der Waals surface area contributed by atoms with Gasteiger partial charge in [-0.3, -0.25) is 10.4 Å². The van der Waals surface area contributed by atoms with Crippen molar-refractivity contribution in [1.29, 1.82) is 0 Å². The van der Waals surface area contributed by atoms with E-state index in [4.69, 9.17) is 9.26 Å². The third kappa shape index (κ3) is 6.54. The minimum Gasteiger partial charge on any atom is -0.492 e. The number of benzene rings is 2. The van der Waals surface area contributed by atoms with Crippen molar-refractivity contribution in [3.05, 3.63) is 65.9 Å². The highest BCUT2D eigenvalue weighted by Gasteiger charge is 2.20. The Labute approximate surface area is 219 Å². The predicted octanol–water partition coefficient (Wildman–Crippen LogP) is 5.89. The molecule has 0 fully saturated rings. The fraction of sp³-hybridized carbons (Fsp3) is 0.296. The Morgan fingerprint density at radius 2 is 1.84 bits per heavy atom. The zero-order valence-corrected chi connectivity index (χ0v) is 21.9. The lowest BCUT2D eigenvalue weighted by atomic mass is 9.93. The summed E-state index contributed by atoms with van der Waals surface area (Å²) < 4.78 is 40.3. The lowest BCUT2D eigenvalue weighted by Crippen LogP contribution is -2.20. The van der Waals surface area contributed by atoms with Crippen molar-refractivity contribution < 1.29 is 22.8 Å². The molecule has 4 aromatic rings. The highest BCUT2D eigenvalue weighted by Crippen LogP contribution is 2.30. The standard InChI is InChI=1S/C27H30F2N6O3/c1-27(2,3)24-15-25(34-38-24)31-26(36)30-21-9-6-16(12-20(21)29)22-14-23(33-32-22)18-8-7-17(13-19(18)28)37-11-10-35(4)5/h6-9,12-15H,10-11H2,1-5H3,(H,32,33)(H2,30,31,34,36). The van der Waals surface area contributed by atoms with Gasteiger partial charge in [0.25, 0.3) is 0 Å². The molecular weight excluding hydrogens is 494 g/mol. The Bertz CT molecular complexity index is 1420. The van der Waals surface area contributed by atoms with Crippen LogP contribution in [0.3, 0.4) is 0 Å². The number of aromatic nitrogens is 3. The predicted molar refractivity (Wildman–Crippen MR) is 141 cm³/mol.